The van der Waals surface area contributed by atoms with E-state index >= 15 is 0 Å². The second-order valence-corrected chi connectivity index (χ2v) is 7.56. The first-order valence-corrected chi connectivity index (χ1v) is 10.1. The minimum atomic E-state index is -0.0731. The summed E-state index contributed by atoms with van der Waals surface area (Å²) in [6.45, 7) is 4.36. The topological polar surface area (TPSA) is 73.4 Å². The summed E-state index contributed by atoms with van der Waals surface area (Å²) >= 11 is 5.73. The Labute approximate surface area is 180 Å². The molecule has 3 aromatic rings. The number of pyridine rings is 1. The van der Waals surface area contributed by atoms with E-state index in [1.54, 1.807) is 13.0 Å². The van der Waals surface area contributed by atoms with Crippen LogP contribution >= 0.6 is 12.2 Å². The first kappa shape index (κ1) is 19.8. The number of amides is 1. The van der Waals surface area contributed by atoms with Gasteiger partial charge in [-0.2, -0.15) is 5.26 Å². The number of rotatable bonds is 3. The third-order valence-corrected chi connectivity index (χ3v) is 5.48. The molecule has 0 N–H and O–H groups in total. The molecule has 30 heavy (non-hydrogen) atoms. The van der Waals surface area contributed by atoms with E-state index in [2.05, 4.69) is 4.98 Å². The quantitative estimate of drug-likeness (QED) is 0.574. The van der Waals surface area contributed by atoms with Crippen LogP contribution in [0.15, 0.2) is 53.1 Å². The van der Waals surface area contributed by atoms with Crippen molar-refractivity contribution in [2.45, 2.75) is 26.7 Å². The Morgan fingerprint density at radius 3 is 2.53 bits per heavy atom. The maximum atomic E-state index is 12.8. The van der Waals surface area contributed by atoms with Gasteiger partial charge in [0.2, 0.25) is 5.91 Å². The third kappa shape index (κ3) is 3.70. The lowest BCUT2D eigenvalue weighted by atomic mass is 10.1. The van der Waals surface area contributed by atoms with Crippen LogP contribution in [-0.4, -0.2) is 22.5 Å². The van der Waals surface area contributed by atoms with Gasteiger partial charge in [0.1, 0.15) is 23.3 Å². The molecule has 2 aromatic heterocycles. The smallest absolute Gasteiger partial charge is 0.233 e. The van der Waals surface area contributed by atoms with Gasteiger partial charge in [0, 0.05) is 24.2 Å². The largest absolute Gasteiger partial charge is 0.461 e. The summed E-state index contributed by atoms with van der Waals surface area (Å²) in [4.78, 5) is 20.5. The molecule has 4 rings (SSSR count). The number of aromatic nitrogens is 1. The van der Waals surface area contributed by atoms with Gasteiger partial charge in [-0.1, -0.05) is 0 Å². The predicted molar refractivity (Wildman–Crippen MR) is 119 cm³/mol. The van der Waals surface area contributed by atoms with Gasteiger partial charge in [-0.25, -0.2) is 4.98 Å². The molecule has 6 nitrogen and oxygen atoms in total. The van der Waals surface area contributed by atoms with Crippen LogP contribution in [0, 0.1) is 25.2 Å². The van der Waals surface area contributed by atoms with Crippen LogP contribution in [0.25, 0.3) is 11.3 Å². The van der Waals surface area contributed by atoms with Gasteiger partial charge >= 0.3 is 0 Å². The molecule has 1 saturated heterocycles. The number of nitrogens with zero attached hydrogens (tertiary/aromatic N) is 4. The molecule has 0 unspecified atom stereocenters. The van der Waals surface area contributed by atoms with Gasteiger partial charge in [0.15, 0.2) is 5.11 Å². The monoisotopic (exact) mass is 416 g/mol. The van der Waals surface area contributed by atoms with Crippen LogP contribution in [0.1, 0.15) is 29.9 Å². The summed E-state index contributed by atoms with van der Waals surface area (Å²) in [5, 5.41) is 9.54. The Bertz CT molecular complexity index is 1160. The molecule has 0 aliphatic carbocycles. The molecular weight excluding hydrogens is 396 g/mol. The Morgan fingerprint density at radius 2 is 1.90 bits per heavy atom. The first-order valence-electron chi connectivity index (χ1n) is 9.66. The maximum Gasteiger partial charge on any atom is 0.233 e. The van der Waals surface area contributed by atoms with Crippen molar-refractivity contribution < 1.29 is 9.21 Å². The van der Waals surface area contributed by atoms with Gasteiger partial charge in [-0.3, -0.25) is 9.69 Å². The van der Waals surface area contributed by atoms with E-state index in [4.69, 9.17) is 21.9 Å². The minimum Gasteiger partial charge on any atom is -0.461 e. The number of furan rings is 1. The van der Waals surface area contributed by atoms with E-state index in [9.17, 15) is 4.79 Å². The van der Waals surface area contributed by atoms with Crippen LogP contribution in [-0.2, 0) is 4.79 Å². The normalized spacial score (nSPS) is 14.6. The highest BCUT2D eigenvalue weighted by molar-refractivity contribution is 7.81. The van der Waals surface area contributed by atoms with Crippen LogP contribution < -0.4 is 9.80 Å². The fraction of sp³-hybridized carbons (Fsp3) is 0.217. The van der Waals surface area contributed by atoms with Crippen molar-refractivity contribution in [2.75, 3.05) is 16.3 Å². The van der Waals surface area contributed by atoms with Gasteiger partial charge in [0.05, 0.1) is 11.9 Å². The molecule has 0 saturated carbocycles. The van der Waals surface area contributed by atoms with Crippen molar-refractivity contribution in [3.63, 3.8) is 0 Å². The first-order chi connectivity index (χ1) is 14.5. The summed E-state index contributed by atoms with van der Waals surface area (Å²) in [7, 11) is 0. The maximum absolute atomic E-state index is 12.8. The number of nitriles is 1. The molecule has 1 fully saturated rings. The fourth-order valence-corrected chi connectivity index (χ4v) is 3.92. The van der Waals surface area contributed by atoms with Gasteiger partial charge in [-0.05, 0) is 80.5 Å². The van der Waals surface area contributed by atoms with E-state index in [0.717, 1.165) is 22.8 Å². The highest BCUT2D eigenvalue weighted by atomic mass is 32.1. The van der Waals surface area contributed by atoms with E-state index in [-0.39, 0.29) is 5.91 Å². The number of carbonyl (C=O) groups excluding carboxylic acids is 1. The number of benzene rings is 1. The average Bonchev–Trinajstić information content (AvgIpc) is 3.11. The summed E-state index contributed by atoms with van der Waals surface area (Å²) in [5.74, 6) is 1.60. The number of hydrogen-bond donors (Lipinski definition) is 0. The highest BCUT2D eigenvalue weighted by Crippen LogP contribution is 2.29. The lowest BCUT2D eigenvalue weighted by molar-refractivity contribution is -0.117. The molecule has 1 aromatic carbocycles. The Kier molecular flexibility index (Phi) is 5.34. The fourth-order valence-electron chi connectivity index (χ4n) is 3.51. The van der Waals surface area contributed by atoms with Gasteiger partial charge < -0.3 is 9.32 Å². The second-order valence-electron chi connectivity index (χ2n) is 7.19. The van der Waals surface area contributed by atoms with E-state index in [1.165, 1.54) is 11.1 Å². The lowest BCUT2D eigenvalue weighted by Crippen LogP contribution is -2.44. The SMILES string of the molecule is Cc1ccc(-c2ccc(N3CCCC(=O)N(c4cnc(C#N)c(C)c4)C3=S)cc2)o1. The zero-order valence-corrected chi connectivity index (χ0v) is 17.6. The Hall–Kier alpha value is -3.50. The van der Waals surface area contributed by atoms with Crippen LogP contribution in [0.3, 0.4) is 0 Å². The summed E-state index contributed by atoms with van der Waals surface area (Å²) in [5.41, 5.74) is 3.51. The van der Waals surface area contributed by atoms with Crippen LogP contribution in [0.4, 0.5) is 11.4 Å². The molecule has 7 heteroatoms. The molecule has 150 valence electrons. The molecule has 1 aliphatic rings. The molecule has 0 radical (unpaired) electrons. The third-order valence-electron chi connectivity index (χ3n) is 5.08. The molecule has 0 atom stereocenters. The summed E-state index contributed by atoms with van der Waals surface area (Å²) in [6, 6.07) is 15.6. The second kappa shape index (κ2) is 8.09. The van der Waals surface area contributed by atoms with Crippen molar-refractivity contribution in [3.8, 4) is 17.4 Å². The number of aryl methyl sites for hydroxylation is 2. The van der Waals surface area contributed by atoms with Gasteiger partial charge in [0.25, 0.3) is 0 Å². The molecule has 0 bridgehead atoms. The predicted octanol–water partition coefficient (Wildman–Crippen LogP) is 4.75. The minimum absolute atomic E-state index is 0.0731. The number of hydrogen-bond acceptors (Lipinski definition) is 5. The van der Waals surface area contributed by atoms with Crippen molar-refractivity contribution >= 4 is 34.6 Å². The molecule has 0 spiro atoms. The summed E-state index contributed by atoms with van der Waals surface area (Å²) < 4.78 is 5.69. The molecule has 1 aliphatic heterocycles. The number of carbonyl (C=O) groups is 1. The highest BCUT2D eigenvalue weighted by Gasteiger charge is 2.29. The van der Waals surface area contributed by atoms with E-state index in [0.29, 0.717) is 41.4 Å². The Morgan fingerprint density at radius 1 is 1.13 bits per heavy atom. The molecular formula is C23H20N4O2S. The van der Waals surface area contributed by atoms with E-state index < -0.39 is 0 Å². The zero-order chi connectivity index (χ0) is 21.3. The number of thiocarbonyl (C=S) groups is 1. The number of anilines is 2. The Balaban J connectivity index is 1.65. The lowest BCUT2D eigenvalue weighted by Gasteiger charge is -2.29. The van der Waals surface area contributed by atoms with Gasteiger partial charge in [-0.15, -0.1) is 0 Å². The van der Waals surface area contributed by atoms with Crippen LogP contribution in [0.5, 0.6) is 0 Å². The molecule has 1 amide bonds. The standard InChI is InChI=1S/C23H20N4O2S/c1-15-12-19(14-25-20(15)13-24)27-22(28)4-3-11-26(23(27)30)18-8-6-17(7-9-18)21-10-5-16(2)29-21/h5-10,12,14H,3-4,11H2,1-2H3. The van der Waals surface area contributed by atoms with Crippen LogP contribution in [0.2, 0.25) is 0 Å². The van der Waals surface area contributed by atoms with Crippen molar-refractivity contribution in [2.24, 2.45) is 0 Å². The average molecular weight is 417 g/mol. The summed E-state index contributed by atoms with van der Waals surface area (Å²) in [6.07, 6.45) is 2.61. The van der Waals surface area contributed by atoms with Crippen molar-refractivity contribution in [3.05, 3.63) is 65.7 Å². The van der Waals surface area contributed by atoms with Crippen molar-refractivity contribution in [1.29, 1.82) is 5.26 Å². The van der Waals surface area contributed by atoms with Crippen molar-refractivity contribution in [1.82, 2.24) is 4.98 Å². The van der Waals surface area contributed by atoms with E-state index in [1.807, 2.05) is 54.3 Å². The zero-order valence-electron chi connectivity index (χ0n) is 16.8. The molecule has 3 heterocycles.